The van der Waals surface area contributed by atoms with Gasteiger partial charge in [0.05, 0.1) is 6.10 Å². The van der Waals surface area contributed by atoms with Gasteiger partial charge >= 0.3 is 0 Å². The Morgan fingerprint density at radius 3 is 2.66 bits per heavy atom. The maximum Gasteiger partial charge on any atom is 0.248 e. The molecule has 1 saturated heterocycles. The number of nitrogens with one attached hydrogen (secondary N) is 1. The third kappa shape index (κ3) is 6.29. The van der Waals surface area contributed by atoms with E-state index in [2.05, 4.69) is 20.7 Å². The molecule has 0 radical (unpaired) electrons. The van der Waals surface area contributed by atoms with E-state index in [-0.39, 0.29) is 42.6 Å². The van der Waals surface area contributed by atoms with Crippen molar-refractivity contribution in [1.82, 2.24) is 30.4 Å². The Labute approximate surface area is 223 Å². The quantitative estimate of drug-likeness (QED) is 0.334. The van der Waals surface area contributed by atoms with Gasteiger partial charge in [-0.15, -0.1) is 21.5 Å². The van der Waals surface area contributed by atoms with Crippen LogP contribution in [0.4, 0.5) is 4.39 Å². The molecule has 38 heavy (non-hydrogen) atoms. The van der Waals surface area contributed by atoms with Crippen molar-refractivity contribution in [2.45, 2.75) is 38.1 Å². The summed E-state index contributed by atoms with van der Waals surface area (Å²) in [6.07, 6.45) is 1.55. The molecule has 3 heterocycles. The van der Waals surface area contributed by atoms with Crippen LogP contribution in [0.1, 0.15) is 29.3 Å². The highest BCUT2D eigenvalue weighted by molar-refractivity contribution is 7.10. The zero-order valence-electron chi connectivity index (χ0n) is 20.6. The molecule has 0 aliphatic carbocycles. The monoisotopic (exact) mass is 534 g/mol. The van der Waals surface area contributed by atoms with E-state index in [1.165, 1.54) is 28.3 Å². The van der Waals surface area contributed by atoms with Gasteiger partial charge in [-0.1, -0.05) is 36.4 Å². The van der Waals surface area contributed by atoms with Gasteiger partial charge in [0, 0.05) is 30.1 Å². The van der Waals surface area contributed by atoms with Crippen molar-refractivity contribution >= 4 is 23.2 Å². The fourth-order valence-electron chi connectivity index (χ4n) is 4.35. The molecule has 1 fully saturated rings. The van der Waals surface area contributed by atoms with Gasteiger partial charge < -0.3 is 15.0 Å². The minimum Gasteiger partial charge on any atom is -0.376 e. The molecule has 196 valence electrons. The molecule has 5 rings (SSSR count). The molecule has 0 saturated carbocycles. The molecular formula is C27H27FN6O3S. The molecule has 2 aromatic carbocycles. The van der Waals surface area contributed by atoms with Crippen LogP contribution in [0.15, 0.2) is 72.1 Å². The molecule has 4 aromatic rings. The lowest BCUT2D eigenvalue weighted by Crippen LogP contribution is -2.47. The van der Waals surface area contributed by atoms with Gasteiger partial charge in [0.15, 0.2) is 0 Å². The Balaban J connectivity index is 1.38. The summed E-state index contributed by atoms with van der Waals surface area (Å²) in [5.74, 6) is -0.705. The summed E-state index contributed by atoms with van der Waals surface area (Å²) < 4.78 is 19.1. The third-order valence-electron chi connectivity index (χ3n) is 6.26. The summed E-state index contributed by atoms with van der Waals surface area (Å²) in [6.45, 7) is 1.02. The summed E-state index contributed by atoms with van der Waals surface area (Å²) in [6, 6.07) is 18.2. The van der Waals surface area contributed by atoms with E-state index in [1.807, 2.05) is 47.8 Å². The number of amides is 2. The number of tetrazole rings is 1. The van der Waals surface area contributed by atoms with E-state index in [1.54, 1.807) is 17.0 Å². The number of thiophene rings is 1. The first-order chi connectivity index (χ1) is 18.6. The highest BCUT2D eigenvalue weighted by Gasteiger charge is 2.35. The molecule has 1 aliphatic rings. The molecule has 11 heteroatoms. The zero-order chi connectivity index (χ0) is 26.3. The Bertz CT molecular complexity index is 1340. The zero-order valence-corrected chi connectivity index (χ0v) is 21.4. The molecule has 1 aliphatic heterocycles. The summed E-state index contributed by atoms with van der Waals surface area (Å²) in [7, 11) is 0. The molecule has 1 N–H and O–H groups in total. The van der Waals surface area contributed by atoms with Crippen molar-refractivity contribution in [3.63, 3.8) is 0 Å². The van der Waals surface area contributed by atoms with E-state index in [4.69, 9.17) is 4.74 Å². The fraction of sp³-hybridized carbons (Fsp3) is 0.296. The second-order valence-corrected chi connectivity index (χ2v) is 9.93. The maximum absolute atomic E-state index is 13.7. The van der Waals surface area contributed by atoms with Crippen molar-refractivity contribution in [3.8, 4) is 11.4 Å². The summed E-state index contributed by atoms with van der Waals surface area (Å²) in [4.78, 5) is 30.8. The molecule has 2 aromatic heterocycles. The highest BCUT2D eigenvalue weighted by atomic mass is 32.1. The molecule has 0 bridgehead atoms. The number of carbonyl (C=O) groups excluding carboxylic acids is 2. The number of hydrogen-bond donors (Lipinski definition) is 1. The Morgan fingerprint density at radius 1 is 1.13 bits per heavy atom. The number of nitrogens with zero attached hydrogens (tertiary/aromatic N) is 5. The van der Waals surface area contributed by atoms with Gasteiger partial charge in [0.1, 0.15) is 18.4 Å². The topological polar surface area (TPSA) is 102 Å². The average molecular weight is 535 g/mol. The van der Waals surface area contributed by atoms with Crippen LogP contribution in [0.3, 0.4) is 0 Å². The largest absolute Gasteiger partial charge is 0.376 e. The van der Waals surface area contributed by atoms with E-state index < -0.39 is 6.04 Å². The number of ether oxygens (including phenoxy) is 1. The normalized spacial score (nSPS) is 15.8. The lowest BCUT2D eigenvalue weighted by molar-refractivity contribution is -0.143. The first kappa shape index (κ1) is 25.7. The summed E-state index contributed by atoms with van der Waals surface area (Å²) >= 11 is 1.42. The number of benzene rings is 2. The lowest BCUT2D eigenvalue weighted by atomic mass is 10.1. The van der Waals surface area contributed by atoms with Gasteiger partial charge in [0.2, 0.25) is 17.6 Å². The van der Waals surface area contributed by atoms with Gasteiger partial charge in [-0.25, -0.2) is 4.39 Å². The predicted molar refractivity (Wildman–Crippen MR) is 139 cm³/mol. The Kier molecular flexibility index (Phi) is 8.15. The van der Waals surface area contributed by atoms with Gasteiger partial charge in [-0.05, 0) is 59.3 Å². The van der Waals surface area contributed by atoms with Crippen LogP contribution in [0, 0.1) is 5.82 Å². The minimum atomic E-state index is -0.837. The van der Waals surface area contributed by atoms with E-state index in [9.17, 15) is 14.0 Å². The van der Waals surface area contributed by atoms with Gasteiger partial charge in [-0.3, -0.25) is 9.59 Å². The molecule has 2 atom stereocenters. The second-order valence-electron chi connectivity index (χ2n) is 8.95. The standard InChI is InChI=1S/C27H27FN6O3S/c28-21-12-10-20(11-13-21)26-30-32-34(31-26)18-24(35)33(17-22-8-4-14-37-22)25(23-9-5-15-38-23)27(36)29-16-19-6-2-1-3-7-19/h1-3,5-7,9-13,15,22,25H,4,8,14,16-18H2,(H,29,36)/t22-,25-/m0/s1. The number of aromatic nitrogens is 4. The smallest absolute Gasteiger partial charge is 0.248 e. The van der Waals surface area contributed by atoms with E-state index in [0.29, 0.717) is 18.7 Å². The SMILES string of the molecule is O=C(NCc1ccccc1)[C@H](c1cccs1)N(C[C@@H]1CCCO1)C(=O)Cn1nnc(-c2ccc(F)cc2)n1. The molecule has 0 unspecified atom stereocenters. The summed E-state index contributed by atoms with van der Waals surface area (Å²) in [5, 5.41) is 17.2. The van der Waals surface area contributed by atoms with Crippen molar-refractivity contribution in [2.75, 3.05) is 13.2 Å². The number of halogens is 1. The number of hydrogen-bond acceptors (Lipinski definition) is 7. The first-order valence-electron chi connectivity index (χ1n) is 12.4. The average Bonchev–Trinajstić information content (AvgIpc) is 3.72. The fourth-order valence-corrected chi connectivity index (χ4v) is 5.18. The van der Waals surface area contributed by atoms with Crippen LogP contribution in [0.2, 0.25) is 0 Å². The predicted octanol–water partition coefficient (Wildman–Crippen LogP) is 3.61. The molecular weight excluding hydrogens is 507 g/mol. The second kappa shape index (κ2) is 12.1. The maximum atomic E-state index is 13.7. The highest BCUT2D eigenvalue weighted by Crippen LogP contribution is 2.28. The van der Waals surface area contributed by atoms with Crippen LogP contribution < -0.4 is 5.32 Å². The van der Waals surface area contributed by atoms with Crippen molar-refractivity contribution in [2.24, 2.45) is 0 Å². The molecule has 0 spiro atoms. The van der Waals surface area contributed by atoms with E-state index in [0.717, 1.165) is 23.3 Å². The first-order valence-corrected chi connectivity index (χ1v) is 13.2. The Hall–Kier alpha value is -3.96. The van der Waals surface area contributed by atoms with Crippen LogP contribution >= 0.6 is 11.3 Å². The van der Waals surface area contributed by atoms with Crippen molar-refractivity contribution in [3.05, 3.63) is 88.4 Å². The molecule has 2 amide bonds. The van der Waals surface area contributed by atoms with Crippen molar-refractivity contribution in [1.29, 1.82) is 0 Å². The van der Waals surface area contributed by atoms with Crippen LogP contribution in [0.5, 0.6) is 0 Å². The van der Waals surface area contributed by atoms with Crippen molar-refractivity contribution < 1.29 is 18.7 Å². The van der Waals surface area contributed by atoms with E-state index >= 15 is 0 Å². The minimum absolute atomic E-state index is 0.165. The molecule has 9 nitrogen and oxygen atoms in total. The number of rotatable bonds is 10. The van der Waals surface area contributed by atoms with Crippen LogP contribution in [0.25, 0.3) is 11.4 Å². The lowest BCUT2D eigenvalue weighted by Gasteiger charge is -2.32. The van der Waals surface area contributed by atoms with Crippen LogP contribution in [-0.4, -0.2) is 56.2 Å². The third-order valence-corrected chi connectivity index (χ3v) is 7.18. The summed E-state index contributed by atoms with van der Waals surface area (Å²) in [5.41, 5.74) is 1.54. The number of carbonyl (C=O) groups is 2. The van der Waals surface area contributed by atoms with Crippen LogP contribution in [-0.2, 0) is 27.4 Å². The van der Waals surface area contributed by atoms with Gasteiger partial charge in [0.25, 0.3) is 0 Å². The Morgan fingerprint density at radius 2 is 1.95 bits per heavy atom. The van der Waals surface area contributed by atoms with Gasteiger partial charge in [-0.2, -0.15) is 4.80 Å².